The van der Waals surface area contributed by atoms with Crippen molar-refractivity contribution in [1.29, 1.82) is 0 Å². The Morgan fingerprint density at radius 3 is 1.48 bits per heavy atom. The number of nitro groups is 2. The molecule has 0 radical (unpaired) electrons. The van der Waals surface area contributed by atoms with Gasteiger partial charge in [0.1, 0.15) is 13.2 Å². The van der Waals surface area contributed by atoms with E-state index in [1.54, 1.807) is 42.5 Å². The highest BCUT2D eigenvalue weighted by Gasteiger charge is 2.56. The van der Waals surface area contributed by atoms with E-state index in [0.717, 1.165) is 17.7 Å². The average molecular weight is 915 g/mol. The number of carbonyl (C=O) groups is 5. The molecule has 1 aliphatic carbocycles. The van der Waals surface area contributed by atoms with Crippen molar-refractivity contribution in [2.75, 3.05) is 38.1 Å². The van der Waals surface area contributed by atoms with Crippen LogP contribution < -0.4 is 9.80 Å². The standard InChI is InChI=1S/C49H46N4O14/c1-47(2,3)31-12-15-34-37(22-31)49(67-44(34)56)35-16-13-32(50(6)45(57)65-25-29-20-27(42(54)63-8)10-18-40(29)52(59)60)23-38(35)48(4,5)39-24-33(14-17-36(39)49)51(7)46(58)66-26-30-21-28(43(55)64-9)11-19-41(30)53(61)62/h10-24H,25-26H2,1-9H3. The average Bonchev–Trinajstić information content (AvgIpc) is 3.61. The van der Waals surface area contributed by atoms with Gasteiger partial charge in [0.25, 0.3) is 11.4 Å². The third-order valence-corrected chi connectivity index (χ3v) is 12.3. The van der Waals surface area contributed by atoms with Gasteiger partial charge in [-0.05, 0) is 82.8 Å². The molecule has 18 nitrogen and oxygen atoms in total. The number of anilines is 2. The molecule has 1 heterocycles. The Bertz CT molecular complexity index is 2780. The molecule has 0 saturated heterocycles. The summed E-state index contributed by atoms with van der Waals surface area (Å²) < 4.78 is 27.2. The summed E-state index contributed by atoms with van der Waals surface area (Å²) in [6.45, 7) is 8.93. The minimum absolute atomic E-state index is 0.0303. The Kier molecular flexibility index (Phi) is 12.1. The minimum Gasteiger partial charge on any atom is -0.465 e. The lowest BCUT2D eigenvalue weighted by molar-refractivity contribution is -0.386. The maximum atomic E-state index is 14.0. The molecule has 0 fully saturated rings. The summed E-state index contributed by atoms with van der Waals surface area (Å²) in [5.41, 5.74) is 1.59. The van der Waals surface area contributed by atoms with Crippen molar-refractivity contribution in [3.63, 3.8) is 0 Å². The minimum atomic E-state index is -1.50. The Morgan fingerprint density at radius 1 is 0.627 bits per heavy atom. The number of esters is 3. The third-order valence-electron chi connectivity index (χ3n) is 12.3. The number of methoxy groups -OCH3 is 2. The molecule has 67 heavy (non-hydrogen) atoms. The van der Waals surface area contributed by atoms with Crippen molar-refractivity contribution in [2.24, 2.45) is 0 Å². The fourth-order valence-electron chi connectivity index (χ4n) is 8.48. The summed E-state index contributed by atoms with van der Waals surface area (Å²) in [6.07, 6.45) is -1.75. The van der Waals surface area contributed by atoms with Crippen LogP contribution in [0, 0.1) is 20.2 Å². The first-order valence-corrected chi connectivity index (χ1v) is 20.8. The van der Waals surface area contributed by atoms with Crippen LogP contribution >= 0.6 is 0 Å². The van der Waals surface area contributed by atoms with Crippen LogP contribution in [0.4, 0.5) is 32.3 Å². The zero-order chi connectivity index (χ0) is 48.9. The zero-order valence-electron chi connectivity index (χ0n) is 38.1. The molecule has 0 aromatic heterocycles. The predicted octanol–water partition coefficient (Wildman–Crippen LogP) is 9.02. The van der Waals surface area contributed by atoms with E-state index in [4.69, 9.17) is 23.7 Å². The number of carbonyl (C=O) groups excluding carboxylic acids is 5. The van der Waals surface area contributed by atoms with Gasteiger partial charge in [0.2, 0.25) is 0 Å². The van der Waals surface area contributed by atoms with Crippen molar-refractivity contribution in [3.8, 4) is 0 Å². The van der Waals surface area contributed by atoms with E-state index in [-0.39, 0.29) is 39.0 Å². The maximum Gasteiger partial charge on any atom is 0.414 e. The lowest BCUT2D eigenvalue weighted by Gasteiger charge is -2.45. The molecular weight excluding hydrogens is 869 g/mol. The summed E-state index contributed by atoms with van der Waals surface area (Å²) in [5, 5.41) is 23.6. The van der Waals surface area contributed by atoms with Crippen LogP contribution in [0.3, 0.4) is 0 Å². The SMILES string of the molecule is COC(=O)c1ccc([N+](=O)[O-])c(COC(=O)N(C)c2ccc3c(c2)C(C)(C)c2cc(N(C)C(=O)OCc4cc(C(=O)OC)ccc4[N+](=O)[O-])ccc2C32OC(=O)c3ccc(C(C)(C)C)cc32)c1. The fourth-order valence-corrected chi connectivity index (χ4v) is 8.48. The van der Waals surface area contributed by atoms with Crippen molar-refractivity contribution in [2.45, 2.75) is 64.3 Å². The molecule has 1 aliphatic heterocycles. The zero-order valence-corrected chi connectivity index (χ0v) is 38.1. The van der Waals surface area contributed by atoms with Crippen LogP contribution in [0.15, 0.2) is 91.0 Å². The summed E-state index contributed by atoms with van der Waals surface area (Å²) >= 11 is 0. The van der Waals surface area contributed by atoms with E-state index in [2.05, 4.69) is 20.8 Å². The van der Waals surface area contributed by atoms with Gasteiger partial charge in [-0.1, -0.05) is 52.8 Å². The van der Waals surface area contributed by atoms with E-state index in [9.17, 15) is 44.2 Å². The molecule has 0 bridgehead atoms. The first kappa shape index (κ1) is 46.8. The monoisotopic (exact) mass is 914 g/mol. The largest absolute Gasteiger partial charge is 0.465 e. The van der Waals surface area contributed by atoms with Crippen molar-refractivity contribution < 1.29 is 57.5 Å². The Morgan fingerprint density at radius 2 is 1.07 bits per heavy atom. The molecule has 18 heteroatoms. The summed E-state index contributed by atoms with van der Waals surface area (Å²) in [6, 6.07) is 23.2. The molecule has 7 rings (SSSR count). The smallest absolute Gasteiger partial charge is 0.414 e. The van der Waals surface area contributed by atoms with Gasteiger partial charge in [0, 0.05) is 59.7 Å². The summed E-state index contributed by atoms with van der Waals surface area (Å²) in [7, 11) is 5.26. The van der Waals surface area contributed by atoms with Gasteiger partial charge in [0.05, 0.1) is 51.9 Å². The number of nitrogens with zero attached hydrogens (tertiary/aromatic N) is 4. The van der Waals surface area contributed by atoms with Crippen LogP contribution in [0.1, 0.15) is 110 Å². The topological polar surface area (TPSA) is 224 Å². The lowest BCUT2D eigenvalue weighted by Crippen LogP contribution is -2.42. The molecule has 2 amide bonds. The van der Waals surface area contributed by atoms with Gasteiger partial charge in [-0.3, -0.25) is 30.0 Å². The van der Waals surface area contributed by atoms with E-state index in [1.165, 1.54) is 62.4 Å². The first-order chi connectivity index (χ1) is 31.5. The Balaban J connectivity index is 1.28. The highest BCUT2D eigenvalue weighted by molar-refractivity contribution is 5.98. The number of rotatable bonds is 10. The first-order valence-electron chi connectivity index (χ1n) is 20.8. The van der Waals surface area contributed by atoms with Crippen LogP contribution in [-0.4, -0.2) is 68.3 Å². The third kappa shape index (κ3) is 8.25. The quantitative estimate of drug-likeness (QED) is 0.0552. The van der Waals surface area contributed by atoms with Crippen LogP contribution in [-0.2, 0) is 53.3 Å². The number of benzene rings is 5. The van der Waals surface area contributed by atoms with E-state index < -0.39 is 64.2 Å². The van der Waals surface area contributed by atoms with Gasteiger partial charge in [-0.15, -0.1) is 0 Å². The van der Waals surface area contributed by atoms with E-state index in [1.807, 2.05) is 26.0 Å². The number of amides is 2. The van der Waals surface area contributed by atoms with Crippen molar-refractivity contribution in [1.82, 2.24) is 0 Å². The highest BCUT2D eigenvalue weighted by atomic mass is 16.6. The van der Waals surface area contributed by atoms with Crippen molar-refractivity contribution in [3.05, 3.63) is 172 Å². The van der Waals surface area contributed by atoms with Crippen LogP contribution in [0.25, 0.3) is 0 Å². The Labute approximate surface area is 384 Å². The Hall–Kier alpha value is -8.15. The van der Waals surface area contributed by atoms with Gasteiger partial charge >= 0.3 is 30.1 Å². The second-order valence-corrected chi connectivity index (χ2v) is 17.6. The lowest BCUT2D eigenvalue weighted by atomic mass is 9.61. The molecule has 0 saturated carbocycles. The van der Waals surface area contributed by atoms with Gasteiger partial charge in [-0.2, -0.15) is 0 Å². The predicted molar refractivity (Wildman–Crippen MR) is 241 cm³/mol. The number of nitro benzene ring substituents is 2. The molecular formula is C49H46N4O14. The highest BCUT2D eigenvalue weighted by Crippen LogP contribution is 2.58. The van der Waals surface area contributed by atoms with E-state index >= 15 is 0 Å². The number of hydrogen-bond donors (Lipinski definition) is 0. The molecule has 5 aromatic rings. The van der Waals surface area contributed by atoms with E-state index in [0.29, 0.717) is 44.8 Å². The number of hydrogen-bond acceptors (Lipinski definition) is 14. The summed E-state index contributed by atoms with van der Waals surface area (Å²) in [5.74, 6) is -2.02. The molecule has 5 aromatic carbocycles. The van der Waals surface area contributed by atoms with Crippen molar-refractivity contribution >= 4 is 52.8 Å². The molecule has 0 unspecified atom stereocenters. The second kappa shape index (κ2) is 17.3. The van der Waals surface area contributed by atoms with Gasteiger partial charge < -0.3 is 23.7 Å². The maximum absolute atomic E-state index is 14.0. The molecule has 0 atom stereocenters. The molecule has 2 aliphatic rings. The molecule has 346 valence electrons. The summed E-state index contributed by atoms with van der Waals surface area (Å²) in [4.78, 5) is 90.5. The molecule has 0 N–H and O–H groups in total. The molecule has 1 spiro atoms. The van der Waals surface area contributed by atoms with Crippen LogP contribution in [0.5, 0.6) is 0 Å². The van der Waals surface area contributed by atoms with Gasteiger partial charge in [-0.25, -0.2) is 24.0 Å². The van der Waals surface area contributed by atoms with Crippen LogP contribution in [0.2, 0.25) is 0 Å². The normalized spacial score (nSPS) is 13.8. The number of ether oxygens (including phenoxy) is 5. The fraction of sp³-hybridized carbons (Fsp3) is 0.286. The van der Waals surface area contributed by atoms with Gasteiger partial charge in [0.15, 0.2) is 5.60 Å². The number of fused-ring (bicyclic) bond motifs is 6. The second-order valence-electron chi connectivity index (χ2n) is 17.6.